The van der Waals surface area contributed by atoms with Gasteiger partial charge in [0.15, 0.2) is 5.82 Å². The van der Waals surface area contributed by atoms with Gasteiger partial charge >= 0.3 is 6.18 Å². The summed E-state index contributed by atoms with van der Waals surface area (Å²) in [6.45, 7) is 3.62. The van der Waals surface area contributed by atoms with Gasteiger partial charge in [0.05, 0.1) is 22.3 Å². The maximum absolute atomic E-state index is 13.7. The van der Waals surface area contributed by atoms with Crippen molar-refractivity contribution < 1.29 is 13.2 Å². The lowest BCUT2D eigenvalue weighted by Gasteiger charge is -2.23. The standard InChI is InChI=1S/C28H25ClF3N5O/c1-3-4-8-24-22(14-21-10-9-19(15-34-21)27(17-33)11-6-5-7-12-27)26(38)37(18(2)36-24)25-23(29)13-20(16-35-25)28(30,31)32/h5-7,9-11,13,15-16H,3-4,8,12,14H2,1-2H3. The van der Waals surface area contributed by atoms with Gasteiger partial charge in [-0.2, -0.15) is 18.4 Å². The van der Waals surface area contributed by atoms with Crippen LogP contribution in [0.4, 0.5) is 13.2 Å². The number of aromatic nitrogens is 4. The van der Waals surface area contributed by atoms with Gasteiger partial charge < -0.3 is 0 Å². The number of rotatable bonds is 7. The highest BCUT2D eigenvalue weighted by Gasteiger charge is 2.32. The number of unbranched alkanes of at least 4 members (excludes halogenated alkanes) is 1. The molecule has 0 amide bonds. The Morgan fingerprint density at radius 2 is 2.00 bits per heavy atom. The molecular weight excluding hydrogens is 515 g/mol. The highest BCUT2D eigenvalue weighted by atomic mass is 35.5. The predicted molar refractivity (Wildman–Crippen MR) is 138 cm³/mol. The second kappa shape index (κ2) is 10.9. The minimum Gasteiger partial charge on any atom is -0.268 e. The summed E-state index contributed by atoms with van der Waals surface area (Å²) in [5.74, 6) is 0.157. The number of nitriles is 1. The Labute approximate surface area is 223 Å². The SMILES string of the molecule is CCCCc1nc(C)n(-c2ncc(C(F)(F)F)cc2Cl)c(=O)c1Cc1ccc(C2(C#N)C=CC=CC2)cn1. The molecule has 38 heavy (non-hydrogen) atoms. The molecule has 1 aliphatic carbocycles. The number of allylic oxidation sites excluding steroid dienone is 4. The van der Waals surface area contributed by atoms with Gasteiger partial charge in [-0.25, -0.2) is 14.5 Å². The summed E-state index contributed by atoms with van der Waals surface area (Å²) in [7, 11) is 0. The van der Waals surface area contributed by atoms with E-state index in [1.54, 1.807) is 19.2 Å². The van der Waals surface area contributed by atoms with Crippen LogP contribution >= 0.6 is 11.6 Å². The second-order valence-corrected chi connectivity index (χ2v) is 9.55. The average molecular weight is 540 g/mol. The average Bonchev–Trinajstić information content (AvgIpc) is 2.90. The Bertz CT molecular complexity index is 1500. The Morgan fingerprint density at radius 3 is 2.58 bits per heavy atom. The molecule has 0 fully saturated rings. The van der Waals surface area contributed by atoms with Crippen LogP contribution in [0.15, 0.2) is 59.7 Å². The van der Waals surface area contributed by atoms with Crippen molar-refractivity contribution in [2.45, 2.75) is 57.5 Å². The molecule has 0 saturated carbocycles. The van der Waals surface area contributed by atoms with Crippen molar-refractivity contribution in [2.75, 3.05) is 0 Å². The smallest absolute Gasteiger partial charge is 0.268 e. The third-order valence-corrected chi connectivity index (χ3v) is 6.80. The summed E-state index contributed by atoms with van der Waals surface area (Å²) in [5, 5.41) is 9.50. The normalized spacial score (nSPS) is 17.0. The Kier molecular flexibility index (Phi) is 7.83. The second-order valence-electron chi connectivity index (χ2n) is 9.15. The minimum atomic E-state index is -4.62. The molecule has 0 radical (unpaired) electrons. The summed E-state index contributed by atoms with van der Waals surface area (Å²) in [6, 6.07) is 6.72. The van der Waals surface area contributed by atoms with Gasteiger partial charge in [-0.3, -0.25) is 9.78 Å². The van der Waals surface area contributed by atoms with E-state index < -0.39 is 22.7 Å². The van der Waals surface area contributed by atoms with Crippen molar-refractivity contribution in [1.29, 1.82) is 5.26 Å². The lowest BCUT2D eigenvalue weighted by Crippen LogP contribution is -2.29. The zero-order valence-electron chi connectivity index (χ0n) is 20.9. The van der Waals surface area contributed by atoms with E-state index in [1.165, 1.54) is 0 Å². The largest absolute Gasteiger partial charge is 0.417 e. The summed E-state index contributed by atoms with van der Waals surface area (Å²) in [5.41, 5.74) is 0.0534. The molecule has 3 aromatic rings. The summed E-state index contributed by atoms with van der Waals surface area (Å²) < 4.78 is 40.5. The first-order valence-electron chi connectivity index (χ1n) is 12.1. The molecule has 0 N–H and O–H groups in total. The van der Waals surface area contributed by atoms with E-state index in [-0.39, 0.29) is 23.1 Å². The summed E-state index contributed by atoms with van der Waals surface area (Å²) >= 11 is 6.17. The molecule has 0 saturated heterocycles. The van der Waals surface area contributed by atoms with Crippen LogP contribution in [0, 0.1) is 18.3 Å². The van der Waals surface area contributed by atoms with E-state index >= 15 is 0 Å². The number of pyridine rings is 2. The van der Waals surface area contributed by atoms with Gasteiger partial charge in [0, 0.05) is 30.1 Å². The molecule has 0 aliphatic heterocycles. The molecule has 3 aromatic heterocycles. The van der Waals surface area contributed by atoms with Crippen molar-refractivity contribution in [3.63, 3.8) is 0 Å². The molecule has 196 valence electrons. The van der Waals surface area contributed by atoms with Crippen LogP contribution in [0.25, 0.3) is 5.82 Å². The topological polar surface area (TPSA) is 84.5 Å². The lowest BCUT2D eigenvalue weighted by atomic mass is 9.77. The van der Waals surface area contributed by atoms with Crippen molar-refractivity contribution in [1.82, 2.24) is 19.5 Å². The van der Waals surface area contributed by atoms with E-state index in [2.05, 4.69) is 21.0 Å². The number of alkyl halides is 3. The third-order valence-electron chi connectivity index (χ3n) is 6.52. The van der Waals surface area contributed by atoms with E-state index in [4.69, 9.17) is 11.6 Å². The number of halogens is 4. The molecule has 0 bridgehead atoms. The minimum absolute atomic E-state index is 0.116. The third kappa shape index (κ3) is 5.41. The quantitative estimate of drug-likeness (QED) is 0.356. The molecule has 1 atom stereocenters. The molecule has 10 heteroatoms. The molecule has 0 spiro atoms. The van der Waals surface area contributed by atoms with Crippen LogP contribution in [0.2, 0.25) is 5.02 Å². The fraction of sp³-hybridized carbons (Fsp3) is 0.321. The first-order chi connectivity index (χ1) is 18.1. The van der Waals surface area contributed by atoms with E-state index in [9.17, 15) is 23.2 Å². The summed E-state index contributed by atoms with van der Waals surface area (Å²) in [6.07, 6.45) is 8.12. The zero-order valence-corrected chi connectivity index (χ0v) is 21.6. The van der Waals surface area contributed by atoms with Gasteiger partial charge in [0.25, 0.3) is 5.56 Å². The van der Waals surface area contributed by atoms with Crippen LogP contribution in [-0.2, 0) is 24.4 Å². The molecule has 1 unspecified atom stereocenters. The molecular formula is C28H25ClF3N5O. The van der Waals surface area contributed by atoms with Gasteiger partial charge in [0.1, 0.15) is 11.2 Å². The number of aryl methyl sites for hydroxylation is 2. The fourth-order valence-corrected chi connectivity index (χ4v) is 4.65. The monoisotopic (exact) mass is 539 g/mol. The van der Waals surface area contributed by atoms with Gasteiger partial charge in [-0.1, -0.05) is 55.3 Å². The highest BCUT2D eigenvalue weighted by molar-refractivity contribution is 6.32. The Hall–Kier alpha value is -3.77. The van der Waals surface area contributed by atoms with Crippen LogP contribution in [-0.4, -0.2) is 19.5 Å². The van der Waals surface area contributed by atoms with Crippen LogP contribution in [0.1, 0.15) is 60.1 Å². The molecule has 0 aromatic carbocycles. The van der Waals surface area contributed by atoms with Crippen LogP contribution in [0.5, 0.6) is 0 Å². The molecule has 1 aliphatic rings. The Balaban J connectivity index is 1.76. The van der Waals surface area contributed by atoms with Crippen molar-refractivity contribution in [2.24, 2.45) is 0 Å². The lowest BCUT2D eigenvalue weighted by molar-refractivity contribution is -0.137. The summed E-state index contributed by atoms with van der Waals surface area (Å²) in [4.78, 5) is 26.8. The van der Waals surface area contributed by atoms with Crippen LogP contribution in [0.3, 0.4) is 0 Å². The predicted octanol–water partition coefficient (Wildman–Crippen LogP) is 6.21. The molecule has 3 heterocycles. The molecule has 6 nitrogen and oxygen atoms in total. The highest BCUT2D eigenvalue weighted by Crippen LogP contribution is 2.33. The Morgan fingerprint density at radius 1 is 1.21 bits per heavy atom. The van der Waals surface area contributed by atoms with E-state index in [0.29, 0.717) is 36.0 Å². The fourth-order valence-electron chi connectivity index (χ4n) is 4.40. The zero-order chi connectivity index (χ0) is 27.5. The van der Waals surface area contributed by atoms with E-state index in [1.807, 2.05) is 37.3 Å². The number of nitrogens with zero attached hydrogens (tertiary/aromatic N) is 5. The van der Waals surface area contributed by atoms with Crippen molar-refractivity contribution in [3.05, 3.63) is 104 Å². The first-order valence-corrected chi connectivity index (χ1v) is 12.5. The van der Waals surface area contributed by atoms with Gasteiger partial charge in [0.2, 0.25) is 0 Å². The first kappa shape index (κ1) is 27.3. The van der Waals surface area contributed by atoms with Crippen molar-refractivity contribution >= 4 is 11.6 Å². The number of hydrogen-bond acceptors (Lipinski definition) is 5. The van der Waals surface area contributed by atoms with Crippen molar-refractivity contribution in [3.8, 4) is 11.9 Å². The van der Waals surface area contributed by atoms with Gasteiger partial charge in [-0.05, 0) is 43.9 Å². The van der Waals surface area contributed by atoms with E-state index in [0.717, 1.165) is 29.0 Å². The number of hydrogen-bond donors (Lipinski definition) is 0. The van der Waals surface area contributed by atoms with Gasteiger partial charge in [-0.15, -0.1) is 0 Å². The van der Waals surface area contributed by atoms with Crippen LogP contribution < -0.4 is 5.56 Å². The maximum atomic E-state index is 13.7. The molecule has 4 rings (SSSR count). The maximum Gasteiger partial charge on any atom is 0.417 e.